The Hall–Kier alpha value is -0.380. The van der Waals surface area contributed by atoms with Crippen LogP contribution in [0.3, 0.4) is 0 Å². The molecule has 0 amide bonds. The van der Waals surface area contributed by atoms with Gasteiger partial charge in [0.1, 0.15) is 0 Å². The first-order chi connectivity index (χ1) is 8.15. The van der Waals surface area contributed by atoms with E-state index in [9.17, 15) is 0 Å². The van der Waals surface area contributed by atoms with Crippen LogP contribution in [0.4, 0.5) is 0 Å². The summed E-state index contributed by atoms with van der Waals surface area (Å²) in [6.45, 7) is 5.20. The molecule has 0 radical (unpaired) electrons. The average molecular weight is 299 g/mol. The maximum atomic E-state index is 5.72. The fourth-order valence-corrected chi connectivity index (χ4v) is 2.14. The van der Waals surface area contributed by atoms with E-state index in [1.54, 1.807) is 0 Å². The van der Waals surface area contributed by atoms with Gasteiger partial charge in [-0.25, -0.2) is 0 Å². The van der Waals surface area contributed by atoms with Gasteiger partial charge in [0.05, 0.1) is 0 Å². The minimum Gasteiger partial charge on any atom is -0.330 e. The molecule has 1 atom stereocenters. The summed E-state index contributed by atoms with van der Waals surface area (Å²) in [5, 5.41) is 0. The van der Waals surface area contributed by atoms with E-state index in [2.05, 4.69) is 59.1 Å². The quantitative estimate of drug-likeness (QED) is 0.839. The van der Waals surface area contributed by atoms with Gasteiger partial charge in [-0.1, -0.05) is 41.4 Å². The summed E-state index contributed by atoms with van der Waals surface area (Å²) < 4.78 is 1.14. The zero-order valence-corrected chi connectivity index (χ0v) is 12.4. The second kappa shape index (κ2) is 7.85. The van der Waals surface area contributed by atoms with Crippen molar-refractivity contribution in [2.75, 3.05) is 26.7 Å². The summed E-state index contributed by atoms with van der Waals surface area (Å²) in [6, 6.07) is 8.56. The van der Waals surface area contributed by atoms with Crippen LogP contribution >= 0.6 is 15.9 Å². The largest absolute Gasteiger partial charge is 0.330 e. The van der Waals surface area contributed by atoms with E-state index in [1.165, 1.54) is 12.0 Å². The first-order valence-corrected chi connectivity index (χ1v) is 7.08. The van der Waals surface area contributed by atoms with Crippen molar-refractivity contribution in [2.24, 2.45) is 11.7 Å². The Morgan fingerprint density at radius 3 is 2.47 bits per heavy atom. The highest BCUT2D eigenvalue weighted by Gasteiger charge is 2.07. The van der Waals surface area contributed by atoms with Gasteiger partial charge in [-0.15, -0.1) is 0 Å². The second-order valence-corrected chi connectivity index (χ2v) is 5.56. The molecule has 1 aromatic rings. The van der Waals surface area contributed by atoms with E-state index >= 15 is 0 Å². The molecule has 96 valence electrons. The van der Waals surface area contributed by atoms with Crippen LogP contribution in [0, 0.1) is 5.92 Å². The van der Waals surface area contributed by atoms with Crippen LogP contribution in [-0.4, -0.2) is 31.6 Å². The molecule has 0 bridgehead atoms. The molecule has 0 heterocycles. The fourth-order valence-electron chi connectivity index (χ4n) is 1.87. The van der Waals surface area contributed by atoms with Crippen LogP contribution in [0.15, 0.2) is 28.7 Å². The van der Waals surface area contributed by atoms with E-state index in [-0.39, 0.29) is 0 Å². The summed E-state index contributed by atoms with van der Waals surface area (Å²) in [4.78, 5) is 2.38. The molecule has 1 aromatic carbocycles. The minimum atomic E-state index is 0.630. The highest BCUT2D eigenvalue weighted by atomic mass is 79.9. The summed E-state index contributed by atoms with van der Waals surface area (Å²) in [7, 11) is 2.18. The van der Waals surface area contributed by atoms with Gasteiger partial charge in [0.15, 0.2) is 0 Å². The molecule has 0 spiro atoms. The van der Waals surface area contributed by atoms with Crippen LogP contribution in [0.2, 0.25) is 0 Å². The lowest BCUT2D eigenvalue weighted by atomic mass is 10.1. The number of nitrogens with two attached hydrogens (primary N) is 1. The molecule has 1 rings (SSSR count). The van der Waals surface area contributed by atoms with Crippen LogP contribution in [0.5, 0.6) is 0 Å². The van der Waals surface area contributed by atoms with Gasteiger partial charge < -0.3 is 10.6 Å². The van der Waals surface area contributed by atoms with Gasteiger partial charge in [0, 0.05) is 17.6 Å². The topological polar surface area (TPSA) is 29.3 Å². The van der Waals surface area contributed by atoms with Gasteiger partial charge in [-0.3, -0.25) is 0 Å². The molecule has 1 unspecified atom stereocenters. The number of hydrogen-bond acceptors (Lipinski definition) is 2. The molecule has 2 N–H and O–H groups in total. The molecule has 0 aromatic heterocycles. The van der Waals surface area contributed by atoms with Gasteiger partial charge in [0.25, 0.3) is 0 Å². The number of benzene rings is 1. The molecule has 3 heteroatoms. The number of halogens is 1. The number of hydrogen-bond donors (Lipinski definition) is 1. The molecule has 17 heavy (non-hydrogen) atoms. The third-order valence-corrected chi connectivity index (χ3v) is 3.70. The minimum absolute atomic E-state index is 0.630. The predicted octanol–water partition coefficient (Wildman–Crippen LogP) is 2.91. The van der Waals surface area contributed by atoms with E-state index in [0.29, 0.717) is 5.92 Å². The SMILES string of the molecule is CCC(CN)CN(C)CCc1ccc(Br)cc1. The van der Waals surface area contributed by atoms with E-state index in [0.717, 1.165) is 30.5 Å². The van der Waals surface area contributed by atoms with Crippen molar-refractivity contribution in [1.29, 1.82) is 0 Å². The highest BCUT2D eigenvalue weighted by molar-refractivity contribution is 9.10. The lowest BCUT2D eigenvalue weighted by Gasteiger charge is -2.22. The zero-order valence-electron chi connectivity index (χ0n) is 10.8. The maximum Gasteiger partial charge on any atom is 0.0175 e. The Kier molecular flexibility index (Phi) is 6.78. The molecule has 2 nitrogen and oxygen atoms in total. The molecular formula is C14H23BrN2. The van der Waals surface area contributed by atoms with Crippen molar-refractivity contribution in [3.05, 3.63) is 34.3 Å². The Morgan fingerprint density at radius 2 is 1.94 bits per heavy atom. The highest BCUT2D eigenvalue weighted by Crippen LogP contribution is 2.11. The van der Waals surface area contributed by atoms with Gasteiger partial charge >= 0.3 is 0 Å². The number of likely N-dealkylation sites (N-methyl/N-ethyl adjacent to an activating group) is 1. The van der Waals surface area contributed by atoms with Gasteiger partial charge in [-0.05, 0) is 43.6 Å². The predicted molar refractivity (Wildman–Crippen MR) is 78.2 cm³/mol. The van der Waals surface area contributed by atoms with Crippen molar-refractivity contribution in [3.63, 3.8) is 0 Å². The molecule has 0 aliphatic rings. The lowest BCUT2D eigenvalue weighted by molar-refractivity contribution is 0.277. The first-order valence-electron chi connectivity index (χ1n) is 6.28. The summed E-state index contributed by atoms with van der Waals surface area (Å²) in [5.41, 5.74) is 7.11. The fraction of sp³-hybridized carbons (Fsp3) is 0.571. The van der Waals surface area contributed by atoms with Crippen molar-refractivity contribution < 1.29 is 0 Å². The second-order valence-electron chi connectivity index (χ2n) is 4.65. The van der Waals surface area contributed by atoms with Crippen LogP contribution in [0.25, 0.3) is 0 Å². The average Bonchev–Trinajstić information content (AvgIpc) is 2.35. The lowest BCUT2D eigenvalue weighted by Crippen LogP contribution is -2.31. The third kappa shape index (κ3) is 5.66. The normalized spacial score (nSPS) is 13.0. The monoisotopic (exact) mass is 298 g/mol. The van der Waals surface area contributed by atoms with Gasteiger partial charge in [-0.2, -0.15) is 0 Å². The molecular weight excluding hydrogens is 276 g/mol. The van der Waals surface area contributed by atoms with E-state index in [4.69, 9.17) is 5.73 Å². The summed E-state index contributed by atoms with van der Waals surface area (Å²) in [5.74, 6) is 0.630. The Morgan fingerprint density at radius 1 is 1.29 bits per heavy atom. The first kappa shape index (κ1) is 14.7. The van der Waals surface area contributed by atoms with Gasteiger partial charge in [0.2, 0.25) is 0 Å². The Balaban J connectivity index is 2.32. The molecule has 0 saturated heterocycles. The van der Waals surface area contributed by atoms with Crippen LogP contribution < -0.4 is 5.73 Å². The Bertz CT molecular complexity index is 307. The molecule has 0 fully saturated rings. The van der Waals surface area contributed by atoms with Crippen LogP contribution in [0.1, 0.15) is 18.9 Å². The number of nitrogens with zero attached hydrogens (tertiary/aromatic N) is 1. The molecule has 0 saturated carbocycles. The third-order valence-electron chi connectivity index (χ3n) is 3.18. The summed E-state index contributed by atoms with van der Waals surface area (Å²) in [6.07, 6.45) is 2.27. The summed E-state index contributed by atoms with van der Waals surface area (Å²) >= 11 is 3.45. The van der Waals surface area contributed by atoms with Crippen molar-refractivity contribution >= 4 is 15.9 Å². The zero-order chi connectivity index (χ0) is 12.7. The van der Waals surface area contributed by atoms with Crippen molar-refractivity contribution in [2.45, 2.75) is 19.8 Å². The maximum absolute atomic E-state index is 5.72. The molecule has 0 aliphatic carbocycles. The van der Waals surface area contributed by atoms with E-state index in [1.807, 2.05) is 0 Å². The molecule has 0 aliphatic heterocycles. The Labute approximate surface area is 113 Å². The van der Waals surface area contributed by atoms with Crippen molar-refractivity contribution in [3.8, 4) is 0 Å². The van der Waals surface area contributed by atoms with Crippen LogP contribution in [-0.2, 0) is 6.42 Å². The van der Waals surface area contributed by atoms with Crippen molar-refractivity contribution in [1.82, 2.24) is 4.90 Å². The van der Waals surface area contributed by atoms with E-state index < -0.39 is 0 Å². The smallest absolute Gasteiger partial charge is 0.0175 e. The standard InChI is InChI=1S/C14H23BrN2/c1-3-12(10-16)11-17(2)9-8-13-4-6-14(15)7-5-13/h4-7,12H,3,8-11,16H2,1-2H3. The number of rotatable bonds is 7.